The molecule has 0 atom stereocenters. The standard InChI is InChI=1S/C19H19N3O9/c1-8(13-15(24)14(9(2)23)19(28)31-18(13)27)20-12-6-10(16(25)21-29-3)5-11(7-12)17(26)22-30-4/h5-7,20,24H,1-4H3,(H,21,25)(H,22,26). The molecule has 2 amide bonds. The maximum atomic E-state index is 12.1. The number of ether oxygens (including phenoxy) is 1. The first-order valence-electron chi connectivity index (χ1n) is 8.61. The van der Waals surface area contributed by atoms with Gasteiger partial charge in [0, 0.05) is 22.5 Å². The highest BCUT2D eigenvalue weighted by atomic mass is 16.6. The summed E-state index contributed by atoms with van der Waals surface area (Å²) >= 11 is 0. The molecule has 1 aliphatic rings. The molecule has 164 valence electrons. The second kappa shape index (κ2) is 9.65. The summed E-state index contributed by atoms with van der Waals surface area (Å²) in [6.07, 6.45) is 0. The molecule has 1 aromatic carbocycles. The quantitative estimate of drug-likeness (QED) is 0.156. The van der Waals surface area contributed by atoms with Crippen LogP contribution in [0.25, 0.3) is 0 Å². The average molecular weight is 433 g/mol. The van der Waals surface area contributed by atoms with Crippen LogP contribution in [-0.4, -0.2) is 48.9 Å². The number of allylic oxidation sites excluding steroid dienone is 1. The van der Waals surface area contributed by atoms with E-state index < -0.39 is 46.4 Å². The van der Waals surface area contributed by atoms with E-state index in [4.69, 9.17) is 0 Å². The lowest BCUT2D eigenvalue weighted by molar-refractivity contribution is -0.155. The fourth-order valence-electron chi connectivity index (χ4n) is 2.69. The molecule has 12 nitrogen and oxygen atoms in total. The molecule has 1 aromatic rings. The predicted octanol–water partition coefficient (Wildman–Crippen LogP) is 0.439. The zero-order chi connectivity index (χ0) is 23.3. The van der Waals surface area contributed by atoms with Crippen LogP contribution in [0.4, 0.5) is 5.69 Å². The number of hydrogen-bond acceptors (Lipinski definition) is 10. The molecular weight excluding hydrogens is 414 g/mol. The van der Waals surface area contributed by atoms with Gasteiger partial charge in [-0.05, 0) is 32.0 Å². The van der Waals surface area contributed by atoms with Crippen molar-refractivity contribution in [2.45, 2.75) is 13.8 Å². The summed E-state index contributed by atoms with van der Waals surface area (Å²) < 4.78 is 4.51. The Hall–Kier alpha value is -4.03. The van der Waals surface area contributed by atoms with Crippen molar-refractivity contribution in [3.63, 3.8) is 0 Å². The Kier molecular flexibility index (Phi) is 7.24. The van der Waals surface area contributed by atoms with Gasteiger partial charge in [0.25, 0.3) is 11.8 Å². The maximum Gasteiger partial charge on any atom is 0.353 e. The molecule has 1 heterocycles. The van der Waals surface area contributed by atoms with Crippen molar-refractivity contribution >= 4 is 35.2 Å². The van der Waals surface area contributed by atoms with Crippen molar-refractivity contribution in [3.05, 3.63) is 51.9 Å². The fraction of sp³-hybridized carbons (Fsp3) is 0.211. The van der Waals surface area contributed by atoms with Crippen LogP contribution in [0.3, 0.4) is 0 Å². The van der Waals surface area contributed by atoms with Crippen LogP contribution in [0.1, 0.15) is 34.6 Å². The summed E-state index contributed by atoms with van der Waals surface area (Å²) in [4.78, 5) is 68.9. The van der Waals surface area contributed by atoms with Crippen molar-refractivity contribution in [2.24, 2.45) is 0 Å². The highest BCUT2D eigenvalue weighted by Crippen LogP contribution is 2.26. The molecule has 4 N–H and O–H groups in total. The molecule has 0 unspecified atom stereocenters. The van der Waals surface area contributed by atoms with Gasteiger partial charge in [-0.1, -0.05) is 0 Å². The number of hydrogen-bond donors (Lipinski definition) is 4. The van der Waals surface area contributed by atoms with Gasteiger partial charge in [0.15, 0.2) is 5.78 Å². The number of esters is 2. The molecule has 0 radical (unpaired) electrons. The van der Waals surface area contributed by atoms with Gasteiger partial charge in [0.2, 0.25) is 0 Å². The van der Waals surface area contributed by atoms with E-state index in [2.05, 4.69) is 30.7 Å². The minimum Gasteiger partial charge on any atom is -0.506 e. The van der Waals surface area contributed by atoms with E-state index in [1.807, 2.05) is 0 Å². The minimum atomic E-state index is -1.26. The number of aliphatic hydroxyl groups is 1. The number of Topliss-reactive ketones (excluding diaryl/α,β-unsaturated/α-hetero) is 1. The number of amides is 2. The number of benzene rings is 1. The minimum absolute atomic E-state index is 0.0106. The second-order valence-corrected chi connectivity index (χ2v) is 6.15. The Morgan fingerprint density at radius 2 is 1.42 bits per heavy atom. The monoisotopic (exact) mass is 433 g/mol. The number of aliphatic hydroxyl groups excluding tert-OH is 1. The van der Waals surface area contributed by atoms with Crippen LogP contribution in [0.2, 0.25) is 0 Å². The van der Waals surface area contributed by atoms with Crippen molar-refractivity contribution in [1.82, 2.24) is 11.0 Å². The number of cyclic esters (lactones) is 2. The van der Waals surface area contributed by atoms with Crippen LogP contribution in [0.15, 0.2) is 40.8 Å². The zero-order valence-electron chi connectivity index (χ0n) is 16.9. The van der Waals surface area contributed by atoms with Crippen LogP contribution < -0.4 is 16.3 Å². The Morgan fingerprint density at radius 1 is 0.903 bits per heavy atom. The van der Waals surface area contributed by atoms with E-state index >= 15 is 0 Å². The van der Waals surface area contributed by atoms with Crippen molar-refractivity contribution in [1.29, 1.82) is 0 Å². The molecule has 0 aromatic heterocycles. The summed E-state index contributed by atoms with van der Waals surface area (Å²) in [6, 6.07) is 3.91. The van der Waals surface area contributed by atoms with E-state index in [9.17, 15) is 29.1 Å². The van der Waals surface area contributed by atoms with Crippen LogP contribution >= 0.6 is 0 Å². The van der Waals surface area contributed by atoms with Gasteiger partial charge in [0.05, 0.1) is 14.2 Å². The summed E-state index contributed by atoms with van der Waals surface area (Å²) in [5.41, 5.74) is 3.22. The van der Waals surface area contributed by atoms with E-state index in [-0.39, 0.29) is 22.5 Å². The SMILES string of the molecule is CONC(=O)c1cc(NC(C)=C2C(=O)OC(=O)C(C(C)=O)=C2O)cc(C(=O)NOC)c1. The third-order valence-corrected chi connectivity index (χ3v) is 3.97. The molecule has 0 aliphatic carbocycles. The molecule has 31 heavy (non-hydrogen) atoms. The summed E-state index contributed by atoms with van der Waals surface area (Å²) in [7, 11) is 2.45. The van der Waals surface area contributed by atoms with Gasteiger partial charge >= 0.3 is 11.9 Å². The number of rotatable bonds is 7. The maximum absolute atomic E-state index is 12.1. The van der Waals surface area contributed by atoms with E-state index in [1.165, 1.54) is 39.3 Å². The summed E-state index contributed by atoms with van der Waals surface area (Å²) in [6.45, 7) is 2.39. The normalized spacial score (nSPS) is 15.2. The highest BCUT2D eigenvalue weighted by Gasteiger charge is 2.36. The Labute approximate surface area is 175 Å². The molecule has 0 fully saturated rings. The summed E-state index contributed by atoms with van der Waals surface area (Å²) in [5, 5.41) is 13.0. The van der Waals surface area contributed by atoms with Gasteiger partial charge in [-0.25, -0.2) is 20.5 Å². The third-order valence-electron chi connectivity index (χ3n) is 3.97. The van der Waals surface area contributed by atoms with Crippen molar-refractivity contribution < 1.29 is 43.5 Å². The number of carbonyl (C=O) groups excluding carboxylic acids is 5. The van der Waals surface area contributed by atoms with Crippen LogP contribution in [0.5, 0.6) is 0 Å². The number of anilines is 1. The van der Waals surface area contributed by atoms with E-state index in [0.29, 0.717) is 0 Å². The van der Waals surface area contributed by atoms with Gasteiger partial charge in [0.1, 0.15) is 16.9 Å². The topological polar surface area (TPSA) is 169 Å². The van der Waals surface area contributed by atoms with Crippen LogP contribution in [0, 0.1) is 0 Å². The Balaban J connectivity index is 2.56. The van der Waals surface area contributed by atoms with Gasteiger partial charge < -0.3 is 15.2 Å². The molecular formula is C19H19N3O9. The first-order valence-corrected chi connectivity index (χ1v) is 8.61. The molecule has 2 rings (SSSR count). The first kappa shape index (κ1) is 23.3. The number of carbonyl (C=O) groups is 5. The fourth-order valence-corrected chi connectivity index (χ4v) is 2.69. The number of ketones is 1. The zero-order valence-corrected chi connectivity index (χ0v) is 16.9. The number of nitrogens with one attached hydrogen (secondary N) is 3. The number of hydroxylamine groups is 2. The van der Waals surface area contributed by atoms with Gasteiger partial charge in [-0.3, -0.25) is 24.1 Å². The summed E-state index contributed by atoms with van der Waals surface area (Å²) in [5.74, 6) is -5.42. The average Bonchev–Trinajstić information content (AvgIpc) is 2.67. The molecule has 0 saturated carbocycles. The molecule has 0 saturated heterocycles. The van der Waals surface area contributed by atoms with Crippen molar-refractivity contribution in [3.8, 4) is 0 Å². The van der Waals surface area contributed by atoms with Gasteiger partial charge in [-0.15, -0.1) is 0 Å². The van der Waals surface area contributed by atoms with E-state index in [0.717, 1.165) is 6.92 Å². The van der Waals surface area contributed by atoms with Crippen molar-refractivity contribution in [2.75, 3.05) is 19.5 Å². The predicted molar refractivity (Wildman–Crippen MR) is 103 cm³/mol. The van der Waals surface area contributed by atoms with Gasteiger partial charge in [-0.2, -0.15) is 0 Å². The lowest BCUT2D eigenvalue weighted by Gasteiger charge is -2.19. The van der Waals surface area contributed by atoms with E-state index in [1.54, 1.807) is 0 Å². The molecule has 0 spiro atoms. The third kappa shape index (κ3) is 5.12. The Bertz CT molecular complexity index is 1000. The highest BCUT2D eigenvalue weighted by molar-refractivity contribution is 6.23. The smallest absolute Gasteiger partial charge is 0.353 e. The molecule has 0 bridgehead atoms. The molecule has 12 heteroatoms. The lowest BCUT2D eigenvalue weighted by atomic mass is 10.0. The second-order valence-electron chi connectivity index (χ2n) is 6.15. The first-order chi connectivity index (χ1) is 14.6. The Morgan fingerprint density at radius 3 is 1.87 bits per heavy atom. The molecule has 1 aliphatic heterocycles. The lowest BCUT2D eigenvalue weighted by Crippen LogP contribution is -2.29. The largest absolute Gasteiger partial charge is 0.506 e. The van der Waals surface area contributed by atoms with Crippen LogP contribution in [-0.2, 0) is 28.8 Å².